The lowest BCUT2D eigenvalue weighted by Crippen LogP contribution is -2.33. The fourth-order valence-corrected chi connectivity index (χ4v) is 2.82. The molecule has 0 saturated carbocycles. The molecule has 21 heavy (non-hydrogen) atoms. The monoisotopic (exact) mass is 280 g/mol. The van der Waals surface area contributed by atoms with E-state index in [1.54, 1.807) is 0 Å². The van der Waals surface area contributed by atoms with Crippen LogP contribution < -0.4 is 0 Å². The molecule has 1 fully saturated rings. The lowest BCUT2D eigenvalue weighted by Gasteiger charge is -2.25. The van der Waals surface area contributed by atoms with Crippen LogP contribution >= 0.6 is 0 Å². The van der Waals surface area contributed by atoms with E-state index in [-0.39, 0.29) is 12.1 Å². The number of amides is 2. The minimum Gasteiger partial charge on any atom is -0.319 e. The van der Waals surface area contributed by atoms with E-state index < -0.39 is 0 Å². The average Bonchev–Trinajstić information content (AvgIpc) is 2.89. The fraction of sp³-hybridized carbons (Fsp3) is 0.278. The predicted octanol–water partition coefficient (Wildman–Crippen LogP) is 3.69. The molecule has 1 saturated heterocycles. The third-order valence-corrected chi connectivity index (χ3v) is 4.09. The minimum atomic E-state index is 0.125. The second-order valence-electron chi connectivity index (χ2n) is 5.47. The number of hydrogen-bond donors (Lipinski definition) is 0. The lowest BCUT2D eigenvalue weighted by atomic mass is 10.1. The zero-order valence-corrected chi connectivity index (χ0v) is 12.3. The normalized spacial score (nSPS) is 16.3. The van der Waals surface area contributed by atoms with Gasteiger partial charge in [-0.25, -0.2) is 4.79 Å². The van der Waals surface area contributed by atoms with Gasteiger partial charge in [0, 0.05) is 19.6 Å². The highest BCUT2D eigenvalue weighted by molar-refractivity contribution is 5.77. The van der Waals surface area contributed by atoms with Gasteiger partial charge in [0.25, 0.3) is 0 Å². The number of carbonyl (C=O) groups excluding carboxylic acids is 1. The first kappa shape index (κ1) is 13.7. The molecular formula is C18H20N2O. The highest BCUT2D eigenvalue weighted by Crippen LogP contribution is 2.25. The SMILES string of the molecule is C[C@@H](c1ccccc1)N1CCN(Cc2ccccc2)C1=O. The van der Waals surface area contributed by atoms with Crippen LogP contribution in [0.4, 0.5) is 4.79 Å². The van der Waals surface area contributed by atoms with Crippen LogP contribution in [0.5, 0.6) is 0 Å². The van der Waals surface area contributed by atoms with Crippen molar-refractivity contribution in [2.24, 2.45) is 0 Å². The first-order valence-corrected chi connectivity index (χ1v) is 7.40. The Bertz CT molecular complexity index is 597. The molecule has 2 amide bonds. The first-order chi connectivity index (χ1) is 10.3. The molecule has 0 radical (unpaired) electrons. The zero-order chi connectivity index (χ0) is 14.7. The van der Waals surface area contributed by atoms with Crippen molar-refractivity contribution in [3.05, 3.63) is 71.8 Å². The van der Waals surface area contributed by atoms with Crippen molar-refractivity contribution in [2.75, 3.05) is 13.1 Å². The summed E-state index contributed by atoms with van der Waals surface area (Å²) in [6.07, 6.45) is 0. The molecule has 0 bridgehead atoms. The van der Waals surface area contributed by atoms with Gasteiger partial charge in [-0.1, -0.05) is 60.7 Å². The van der Waals surface area contributed by atoms with Gasteiger partial charge < -0.3 is 9.80 Å². The molecule has 0 aliphatic carbocycles. The van der Waals surface area contributed by atoms with E-state index in [0.29, 0.717) is 6.54 Å². The molecule has 3 nitrogen and oxygen atoms in total. The van der Waals surface area contributed by atoms with Crippen LogP contribution in [0.2, 0.25) is 0 Å². The van der Waals surface area contributed by atoms with Gasteiger partial charge in [-0.2, -0.15) is 0 Å². The largest absolute Gasteiger partial charge is 0.320 e. The number of hydrogen-bond acceptors (Lipinski definition) is 1. The molecule has 2 aromatic rings. The quantitative estimate of drug-likeness (QED) is 0.838. The lowest BCUT2D eigenvalue weighted by molar-refractivity contribution is 0.179. The molecule has 1 heterocycles. The number of benzene rings is 2. The van der Waals surface area contributed by atoms with Gasteiger partial charge in [0.15, 0.2) is 0 Å². The van der Waals surface area contributed by atoms with Crippen molar-refractivity contribution in [3.63, 3.8) is 0 Å². The third-order valence-electron chi connectivity index (χ3n) is 4.09. The molecule has 0 aromatic heterocycles. The zero-order valence-electron chi connectivity index (χ0n) is 12.3. The summed E-state index contributed by atoms with van der Waals surface area (Å²) in [6.45, 7) is 4.38. The summed E-state index contributed by atoms with van der Waals surface area (Å²) in [7, 11) is 0. The Kier molecular flexibility index (Phi) is 3.91. The molecular weight excluding hydrogens is 260 g/mol. The maximum Gasteiger partial charge on any atom is 0.320 e. The number of urea groups is 1. The summed E-state index contributed by atoms with van der Waals surface area (Å²) in [5, 5.41) is 0. The van der Waals surface area contributed by atoms with Crippen molar-refractivity contribution in [2.45, 2.75) is 19.5 Å². The Balaban J connectivity index is 1.69. The second kappa shape index (κ2) is 6.00. The first-order valence-electron chi connectivity index (χ1n) is 7.40. The Morgan fingerprint density at radius 3 is 2.24 bits per heavy atom. The van der Waals surface area contributed by atoms with Gasteiger partial charge in [0.1, 0.15) is 0 Å². The van der Waals surface area contributed by atoms with Crippen LogP contribution in [0, 0.1) is 0 Å². The summed E-state index contributed by atoms with van der Waals surface area (Å²) in [4.78, 5) is 16.5. The van der Waals surface area contributed by atoms with Gasteiger partial charge in [0.05, 0.1) is 6.04 Å². The Morgan fingerprint density at radius 2 is 1.57 bits per heavy atom. The van der Waals surface area contributed by atoms with Gasteiger partial charge in [-0.15, -0.1) is 0 Å². The summed E-state index contributed by atoms with van der Waals surface area (Å²) in [5.41, 5.74) is 2.37. The molecule has 3 heteroatoms. The molecule has 0 unspecified atom stereocenters. The Hall–Kier alpha value is -2.29. The van der Waals surface area contributed by atoms with E-state index in [9.17, 15) is 4.79 Å². The van der Waals surface area contributed by atoms with E-state index in [1.807, 2.05) is 46.2 Å². The molecule has 2 aromatic carbocycles. The Labute approximate surface area is 125 Å². The number of rotatable bonds is 4. The summed E-state index contributed by atoms with van der Waals surface area (Å²) in [6, 6.07) is 20.6. The summed E-state index contributed by atoms with van der Waals surface area (Å²) >= 11 is 0. The van der Waals surface area contributed by atoms with Gasteiger partial charge in [0.2, 0.25) is 0 Å². The standard InChI is InChI=1S/C18H20N2O/c1-15(17-10-6-3-7-11-17)20-13-12-19(18(20)21)14-16-8-4-2-5-9-16/h2-11,15H,12-14H2,1H3/t15-/m0/s1. The predicted molar refractivity (Wildman–Crippen MR) is 83.8 cm³/mol. The number of nitrogens with zero attached hydrogens (tertiary/aromatic N) is 2. The number of carbonyl (C=O) groups is 1. The second-order valence-corrected chi connectivity index (χ2v) is 5.47. The Morgan fingerprint density at radius 1 is 0.952 bits per heavy atom. The van der Waals surface area contributed by atoms with E-state index in [0.717, 1.165) is 13.1 Å². The topological polar surface area (TPSA) is 23.6 Å². The average molecular weight is 280 g/mol. The molecule has 108 valence electrons. The van der Waals surface area contributed by atoms with Gasteiger partial charge in [-0.3, -0.25) is 0 Å². The van der Waals surface area contributed by atoms with E-state index in [1.165, 1.54) is 11.1 Å². The van der Waals surface area contributed by atoms with Crippen LogP contribution in [0.25, 0.3) is 0 Å². The third kappa shape index (κ3) is 2.92. The molecule has 1 atom stereocenters. The highest BCUT2D eigenvalue weighted by atomic mass is 16.2. The molecule has 0 N–H and O–H groups in total. The summed E-state index contributed by atoms with van der Waals surface area (Å²) < 4.78 is 0. The van der Waals surface area contributed by atoms with Gasteiger partial charge in [-0.05, 0) is 18.1 Å². The maximum absolute atomic E-state index is 12.6. The highest BCUT2D eigenvalue weighted by Gasteiger charge is 2.32. The van der Waals surface area contributed by atoms with Crippen LogP contribution in [0.3, 0.4) is 0 Å². The molecule has 1 aliphatic heterocycles. The molecule has 1 aliphatic rings. The van der Waals surface area contributed by atoms with Crippen LogP contribution in [-0.2, 0) is 6.54 Å². The van der Waals surface area contributed by atoms with E-state index in [2.05, 4.69) is 31.2 Å². The fourth-order valence-electron chi connectivity index (χ4n) is 2.82. The van der Waals surface area contributed by atoms with Crippen molar-refractivity contribution in [1.29, 1.82) is 0 Å². The smallest absolute Gasteiger partial charge is 0.319 e. The van der Waals surface area contributed by atoms with Crippen LogP contribution in [0.15, 0.2) is 60.7 Å². The minimum absolute atomic E-state index is 0.125. The van der Waals surface area contributed by atoms with Gasteiger partial charge >= 0.3 is 6.03 Å². The van der Waals surface area contributed by atoms with Crippen LogP contribution in [-0.4, -0.2) is 28.9 Å². The van der Waals surface area contributed by atoms with Crippen molar-refractivity contribution < 1.29 is 4.79 Å². The van der Waals surface area contributed by atoms with Crippen LogP contribution in [0.1, 0.15) is 24.1 Å². The van der Waals surface area contributed by atoms with E-state index >= 15 is 0 Å². The maximum atomic E-state index is 12.6. The van der Waals surface area contributed by atoms with E-state index in [4.69, 9.17) is 0 Å². The van der Waals surface area contributed by atoms with Crippen molar-refractivity contribution >= 4 is 6.03 Å². The van der Waals surface area contributed by atoms with Crippen molar-refractivity contribution in [3.8, 4) is 0 Å². The molecule has 0 spiro atoms. The molecule has 3 rings (SSSR count). The van der Waals surface area contributed by atoms with Crippen molar-refractivity contribution in [1.82, 2.24) is 9.80 Å². The summed E-state index contributed by atoms with van der Waals surface area (Å²) in [5.74, 6) is 0.